The van der Waals surface area contributed by atoms with Crippen molar-refractivity contribution in [1.29, 1.82) is 0 Å². The van der Waals surface area contributed by atoms with Gasteiger partial charge in [0.2, 0.25) is 0 Å². The largest absolute Gasteiger partial charge is 4.00 e. The normalized spacial score (nSPS) is 9.38. The fourth-order valence-electron chi connectivity index (χ4n) is 4.59. The molecule has 4 radical (unpaired) electrons. The summed E-state index contributed by atoms with van der Waals surface area (Å²) in [6, 6.07) is 38.5. The van der Waals surface area contributed by atoms with E-state index in [4.69, 9.17) is 0 Å². The Morgan fingerprint density at radius 3 is 1.08 bits per heavy atom. The Morgan fingerprint density at radius 1 is 0.513 bits per heavy atom. The first kappa shape index (κ1) is 39.4. The van der Waals surface area contributed by atoms with Crippen molar-refractivity contribution in [3.05, 3.63) is 124 Å². The van der Waals surface area contributed by atoms with Crippen LogP contribution in [-0.4, -0.2) is 11.0 Å². The maximum atomic E-state index is 3.78. The molecule has 4 heteroatoms. The Bertz CT molecular complexity index is 1240. The van der Waals surface area contributed by atoms with Crippen molar-refractivity contribution in [3.63, 3.8) is 0 Å². The van der Waals surface area contributed by atoms with Crippen LogP contribution in [0.25, 0.3) is 43.1 Å². The minimum absolute atomic E-state index is 0. The predicted octanol–water partition coefficient (Wildman–Crippen LogP) is 11.5. The summed E-state index contributed by atoms with van der Waals surface area (Å²) in [5, 5.41) is 10.8. The molecule has 202 valence electrons. The third kappa shape index (κ3) is 10.7. The van der Waals surface area contributed by atoms with Gasteiger partial charge in [-0.15, -0.1) is 104 Å². The number of hydrogen-bond donors (Lipinski definition) is 0. The van der Waals surface area contributed by atoms with Crippen LogP contribution in [0.2, 0.25) is 0 Å². The second-order valence-electron chi connectivity index (χ2n) is 8.91. The molecule has 39 heavy (non-hydrogen) atoms. The average molecular weight is 651 g/mol. The van der Waals surface area contributed by atoms with Crippen LogP contribution in [0.5, 0.6) is 0 Å². The van der Waals surface area contributed by atoms with Crippen LogP contribution < -0.4 is 0 Å². The van der Waals surface area contributed by atoms with E-state index in [0.717, 1.165) is 6.42 Å². The molecule has 0 saturated carbocycles. The van der Waals surface area contributed by atoms with Crippen LogP contribution in [0.3, 0.4) is 0 Å². The molecule has 0 aromatic heterocycles. The van der Waals surface area contributed by atoms with Crippen LogP contribution in [0.4, 0.5) is 0 Å². The number of unbranched alkanes of at least 4 members (excludes halogenated alkanes) is 5. The molecule has 6 aromatic carbocycles. The second kappa shape index (κ2) is 21.1. The smallest absolute Gasteiger partial charge is 0.358 e. The first-order valence-corrected chi connectivity index (χ1v) is 12.7. The molecule has 0 amide bonds. The second-order valence-corrected chi connectivity index (χ2v) is 8.91. The van der Waals surface area contributed by atoms with Crippen molar-refractivity contribution in [1.82, 2.24) is 0 Å². The van der Waals surface area contributed by atoms with Crippen molar-refractivity contribution >= 4 is 78.9 Å². The summed E-state index contributed by atoms with van der Waals surface area (Å²) in [5.74, 6) is 0. The van der Waals surface area contributed by atoms with Gasteiger partial charge in [0.1, 0.15) is 0 Å². The van der Waals surface area contributed by atoms with Crippen molar-refractivity contribution in [2.75, 3.05) is 0 Å². The minimum Gasteiger partial charge on any atom is -0.358 e. The molecule has 0 heterocycles. The Morgan fingerprint density at radius 2 is 0.795 bits per heavy atom. The summed E-state index contributed by atoms with van der Waals surface area (Å²) in [6.07, 6.45) is 7.98. The molecule has 0 saturated heterocycles. The molecule has 0 aliphatic rings. The maximum Gasteiger partial charge on any atom is 4.00 e. The summed E-state index contributed by atoms with van der Waals surface area (Å²) in [6.45, 7) is 6.02. The van der Waals surface area contributed by atoms with Gasteiger partial charge in [-0.3, -0.25) is 0 Å². The van der Waals surface area contributed by atoms with Crippen LogP contribution >= 0.6 is 24.8 Å². The summed E-state index contributed by atoms with van der Waals surface area (Å²) in [4.78, 5) is 0. The van der Waals surface area contributed by atoms with Crippen molar-refractivity contribution in [2.45, 2.75) is 45.4 Å². The monoisotopic (exact) mass is 648 g/mol. The predicted molar refractivity (Wildman–Crippen MR) is 179 cm³/mol. The number of fused-ring (bicyclic) bond motifs is 6. The Hall–Kier alpha value is -1.70. The number of halogens is 2. The molecule has 6 rings (SSSR count). The molecule has 0 nitrogen and oxygen atoms in total. The van der Waals surface area contributed by atoms with Gasteiger partial charge in [0.05, 0.1) is 0 Å². The van der Waals surface area contributed by atoms with Gasteiger partial charge in [0.15, 0.2) is 0 Å². The van der Waals surface area contributed by atoms with Gasteiger partial charge >= 0.3 is 26.2 Å². The van der Waals surface area contributed by atoms with E-state index >= 15 is 0 Å². The molecule has 0 spiro atoms. The van der Waals surface area contributed by atoms with Gasteiger partial charge in [-0.25, -0.2) is 0 Å². The molecular weight excluding hydrogens is 611 g/mol. The topological polar surface area (TPSA) is 0 Å². The molecular formula is C35H40Cl2SiZr. The van der Waals surface area contributed by atoms with E-state index in [0.29, 0.717) is 0 Å². The van der Waals surface area contributed by atoms with Gasteiger partial charge in [-0.05, 0) is 0 Å². The van der Waals surface area contributed by atoms with Gasteiger partial charge < -0.3 is 14.4 Å². The molecule has 0 atom stereocenters. The van der Waals surface area contributed by atoms with Gasteiger partial charge in [0, 0.05) is 11.0 Å². The van der Waals surface area contributed by atoms with E-state index in [9.17, 15) is 0 Å². The summed E-state index contributed by atoms with van der Waals surface area (Å²) >= 11 is 0. The third-order valence-electron chi connectivity index (χ3n) is 6.40. The van der Waals surface area contributed by atoms with Gasteiger partial charge in [-0.1, -0.05) is 112 Å². The summed E-state index contributed by atoms with van der Waals surface area (Å²) in [7, 11) is 0. The first-order valence-electron chi connectivity index (χ1n) is 12.7. The standard InChI is InChI=1S/2C13H9.C8H17.CH3.2ClH.Si.Zr/c2*1-3-7-12-10(5-1)9-11-6-2-4-8-13(11)12;1-3-5-7-8-6-4-2;;;;;/h2*1-9H;1,3-8H2,2H3;1H3;2*1H;;/q4*-1;;;;+4. The summed E-state index contributed by atoms with van der Waals surface area (Å²) < 4.78 is 0. The van der Waals surface area contributed by atoms with Gasteiger partial charge in [0.25, 0.3) is 0 Å². The van der Waals surface area contributed by atoms with Crippen molar-refractivity contribution < 1.29 is 26.2 Å². The number of hydrogen-bond acceptors (Lipinski definition) is 0. The fourth-order valence-corrected chi connectivity index (χ4v) is 4.59. The number of benzene rings is 4. The van der Waals surface area contributed by atoms with Crippen LogP contribution in [0.1, 0.15) is 45.4 Å². The van der Waals surface area contributed by atoms with Crippen LogP contribution in [0.15, 0.2) is 109 Å². The molecule has 0 fully saturated rings. The van der Waals surface area contributed by atoms with Crippen molar-refractivity contribution in [2.24, 2.45) is 0 Å². The fraction of sp³-hybridized carbons (Fsp3) is 0.200. The first-order chi connectivity index (χ1) is 16.8. The van der Waals surface area contributed by atoms with E-state index < -0.39 is 0 Å². The molecule has 0 N–H and O–H groups in total. The Labute approximate surface area is 272 Å². The SMILES string of the molecule is Cl.Cl.[CH2-]CCCCCCC.[CH3-].[Si].[Zr+4].c1ccc2c(c1)[cH-]c1ccccc12.c1ccc2c(c1)[cH-]c1ccccc12. The van der Waals surface area contributed by atoms with E-state index in [-0.39, 0.29) is 69.4 Å². The summed E-state index contributed by atoms with van der Waals surface area (Å²) in [5.41, 5.74) is 0. The quantitative estimate of drug-likeness (QED) is 0.0989. The third-order valence-corrected chi connectivity index (χ3v) is 6.40. The van der Waals surface area contributed by atoms with E-state index in [2.05, 4.69) is 123 Å². The molecule has 0 aliphatic heterocycles. The van der Waals surface area contributed by atoms with Gasteiger partial charge in [-0.2, -0.15) is 6.42 Å². The van der Waals surface area contributed by atoms with Crippen LogP contribution in [-0.2, 0) is 26.2 Å². The Balaban J connectivity index is 0. The molecule has 6 aromatic rings. The molecule has 0 bridgehead atoms. The molecule has 0 aliphatic carbocycles. The van der Waals surface area contributed by atoms with Crippen molar-refractivity contribution in [3.8, 4) is 0 Å². The Kier molecular flexibility index (Phi) is 21.3. The zero-order chi connectivity index (χ0) is 23.6. The average Bonchev–Trinajstić information content (AvgIpc) is 3.46. The van der Waals surface area contributed by atoms with E-state index in [1.165, 1.54) is 75.2 Å². The zero-order valence-electron chi connectivity index (χ0n) is 23.2. The molecule has 0 unspecified atom stereocenters. The number of rotatable bonds is 5. The van der Waals surface area contributed by atoms with Crippen LogP contribution in [0, 0.1) is 14.4 Å². The van der Waals surface area contributed by atoms with E-state index in [1.807, 2.05) is 0 Å². The zero-order valence-corrected chi connectivity index (χ0v) is 28.2. The minimum atomic E-state index is 0. The maximum absolute atomic E-state index is 3.78. The van der Waals surface area contributed by atoms with E-state index in [1.54, 1.807) is 0 Å².